The number of fused-ring (bicyclic) bond motifs is 1. The summed E-state index contributed by atoms with van der Waals surface area (Å²) < 4.78 is 7.62. The lowest BCUT2D eigenvalue weighted by Gasteiger charge is -2.24. The van der Waals surface area contributed by atoms with Crippen LogP contribution in [0.1, 0.15) is 23.5 Å². The lowest BCUT2D eigenvalue weighted by atomic mass is 10.1. The van der Waals surface area contributed by atoms with Crippen molar-refractivity contribution in [2.45, 2.75) is 38.8 Å². The van der Waals surface area contributed by atoms with Crippen LogP contribution in [0, 0.1) is 6.92 Å². The van der Waals surface area contributed by atoms with Crippen LogP contribution in [0.25, 0.3) is 0 Å². The summed E-state index contributed by atoms with van der Waals surface area (Å²) in [7, 11) is 0. The Morgan fingerprint density at radius 1 is 1.39 bits per heavy atom. The molecule has 5 heteroatoms. The van der Waals surface area contributed by atoms with E-state index in [4.69, 9.17) is 4.74 Å². The van der Waals surface area contributed by atoms with Crippen molar-refractivity contribution in [3.05, 3.63) is 53.6 Å². The SMILES string of the molecule is Cc1cn2c(n1)CCC(NC(=O)COCCc1ccccc1)C2. The van der Waals surface area contributed by atoms with Gasteiger partial charge in [0, 0.05) is 25.2 Å². The van der Waals surface area contributed by atoms with E-state index in [1.807, 2.05) is 31.3 Å². The van der Waals surface area contributed by atoms with Crippen LogP contribution in [0.5, 0.6) is 0 Å². The molecule has 1 aromatic carbocycles. The van der Waals surface area contributed by atoms with Gasteiger partial charge in [-0.1, -0.05) is 30.3 Å². The number of hydrogen-bond acceptors (Lipinski definition) is 3. The molecule has 0 saturated heterocycles. The number of benzene rings is 1. The molecule has 1 atom stereocenters. The average Bonchev–Trinajstić information content (AvgIpc) is 2.92. The number of rotatable bonds is 6. The van der Waals surface area contributed by atoms with Crippen LogP contribution >= 0.6 is 0 Å². The van der Waals surface area contributed by atoms with Gasteiger partial charge in [-0.2, -0.15) is 0 Å². The number of aryl methyl sites for hydroxylation is 2. The number of carbonyl (C=O) groups excluding carboxylic acids is 1. The molecule has 23 heavy (non-hydrogen) atoms. The van der Waals surface area contributed by atoms with E-state index in [0.717, 1.165) is 37.3 Å². The first-order valence-corrected chi connectivity index (χ1v) is 8.14. The summed E-state index contributed by atoms with van der Waals surface area (Å²) in [6.45, 7) is 3.48. The van der Waals surface area contributed by atoms with Gasteiger partial charge in [0.2, 0.25) is 5.91 Å². The van der Waals surface area contributed by atoms with Gasteiger partial charge in [-0.05, 0) is 25.3 Å². The van der Waals surface area contributed by atoms with E-state index in [2.05, 4.69) is 27.0 Å². The zero-order chi connectivity index (χ0) is 16.1. The van der Waals surface area contributed by atoms with Crippen molar-refractivity contribution in [1.29, 1.82) is 0 Å². The second-order valence-electron chi connectivity index (χ2n) is 6.04. The molecule has 3 rings (SSSR count). The Morgan fingerprint density at radius 2 is 2.22 bits per heavy atom. The molecule has 0 saturated carbocycles. The molecule has 1 amide bonds. The van der Waals surface area contributed by atoms with Crippen LogP contribution in [0.2, 0.25) is 0 Å². The predicted octanol–water partition coefficient (Wildman–Crippen LogP) is 1.88. The van der Waals surface area contributed by atoms with Gasteiger partial charge in [0.05, 0.1) is 12.3 Å². The molecule has 2 heterocycles. The maximum Gasteiger partial charge on any atom is 0.246 e. The molecular weight excluding hydrogens is 290 g/mol. The summed E-state index contributed by atoms with van der Waals surface area (Å²) >= 11 is 0. The molecule has 122 valence electrons. The van der Waals surface area contributed by atoms with Crippen molar-refractivity contribution in [2.24, 2.45) is 0 Å². The van der Waals surface area contributed by atoms with Crippen LogP contribution in [0.15, 0.2) is 36.5 Å². The van der Waals surface area contributed by atoms with Crippen molar-refractivity contribution >= 4 is 5.91 Å². The Balaban J connectivity index is 1.37. The summed E-state index contributed by atoms with van der Waals surface area (Å²) in [5.74, 6) is 1.08. The minimum absolute atomic E-state index is 0.0386. The molecule has 0 aliphatic carbocycles. The molecule has 1 aromatic heterocycles. The number of amides is 1. The molecule has 0 bridgehead atoms. The van der Waals surface area contributed by atoms with Crippen LogP contribution in [0.3, 0.4) is 0 Å². The van der Waals surface area contributed by atoms with E-state index in [9.17, 15) is 4.79 Å². The van der Waals surface area contributed by atoms with Gasteiger partial charge in [-0.25, -0.2) is 4.98 Å². The Kier molecular flexibility index (Phi) is 5.08. The quantitative estimate of drug-likeness (QED) is 0.829. The standard InChI is InChI=1S/C18H23N3O2/c1-14-11-21-12-16(7-8-17(21)19-14)20-18(22)13-23-10-9-15-5-3-2-4-6-15/h2-6,11,16H,7-10,12-13H2,1H3,(H,20,22). The fraction of sp³-hybridized carbons (Fsp3) is 0.444. The fourth-order valence-corrected chi connectivity index (χ4v) is 2.97. The Labute approximate surface area is 136 Å². The normalized spacial score (nSPS) is 16.8. The van der Waals surface area contributed by atoms with Gasteiger partial charge in [0.1, 0.15) is 12.4 Å². The van der Waals surface area contributed by atoms with Crippen molar-refractivity contribution in [3.63, 3.8) is 0 Å². The monoisotopic (exact) mass is 313 g/mol. The van der Waals surface area contributed by atoms with E-state index in [1.54, 1.807) is 0 Å². The molecule has 1 aliphatic rings. The van der Waals surface area contributed by atoms with E-state index < -0.39 is 0 Å². The first-order valence-electron chi connectivity index (χ1n) is 8.14. The summed E-state index contributed by atoms with van der Waals surface area (Å²) in [5.41, 5.74) is 2.26. The Morgan fingerprint density at radius 3 is 3.04 bits per heavy atom. The molecule has 0 spiro atoms. The number of hydrogen-bond donors (Lipinski definition) is 1. The van der Waals surface area contributed by atoms with Gasteiger partial charge in [-0.15, -0.1) is 0 Å². The molecule has 0 radical (unpaired) electrons. The first-order chi connectivity index (χ1) is 11.2. The molecular formula is C18H23N3O2. The Bertz CT molecular complexity index is 652. The molecule has 2 aromatic rings. The highest BCUT2D eigenvalue weighted by molar-refractivity contribution is 5.77. The maximum absolute atomic E-state index is 12.0. The van der Waals surface area contributed by atoms with Gasteiger partial charge >= 0.3 is 0 Å². The third kappa shape index (κ3) is 4.42. The van der Waals surface area contributed by atoms with E-state index in [-0.39, 0.29) is 18.6 Å². The minimum Gasteiger partial charge on any atom is -0.371 e. The molecule has 1 N–H and O–H groups in total. The lowest BCUT2D eigenvalue weighted by Crippen LogP contribution is -2.42. The fourth-order valence-electron chi connectivity index (χ4n) is 2.97. The minimum atomic E-state index is -0.0386. The predicted molar refractivity (Wildman–Crippen MR) is 88.2 cm³/mol. The highest BCUT2D eigenvalue weighted by atomic mass is 16.5. The van der Waals surface area contributed by atoms with Crippen molar-refractivity contribution in [1.82, 2.24) is 14.9 Å². The summed E-state index contributed by atoms with van der Waals surface area (Å²) in [5, 5.41) is 3.06. The third-order valence-corrected chi connectivity index (χ3v) is 4.09. The zero-order valence-corrected chi connectivity index (χ0v) is 13.5. The van der Waals surface area contributed by atoms with Crippen LogP contribution in [-0.4, -0.2) is 34.7 Å². The highest BCUT2D eigenvalue weighted by Crippen LogP contribution is 2.14. The van der Waals surface area contributed by atoms with E-state index >= 15 is 0 Å². The van der Waals surface area contributed by atoms with Gasteiger partial charge in [0.15, 0.2) is 0 Å². The second-order valence-corrected chi connectivity index (χ2v) is 6.04. The molecule has 1 aliphatic heterocycles. The number of ether oxygens (including phenoxy) is 1. The van der Waals surface area contributed by atoms with Gasteiger partial charge in [0.25, 0.3) is 0 Å². The number of nitrogens with zero attached hydrogens (tertiary/aromatic N) is 2. The molecule has 1 unspecified atom stereocenters. The number of nitrogens with one attached hydrogen (secondary N) is 1. The average molecular weight is 313 g/mol. The number of imidazole rings is 1. The smallest absolute Gasteiger partial charge is 0.246 e. The van der Waals surface area contributed by atoms with Crippen LogP contribution in [0.4, 0.5) is 0 Å². The summed E-state index contributed by atoms with van der Waals surface area (Å²) in [4.78, 5) is 16.5. The molecule has 0 fully saturated rings. The van der Waals surface area contributed by atoms with Crippen LogP contribution < -0.4 is 5.32 Å². The zero-order valence-electron chi connectivity index (χ0n) is 13.5. The van der Waals surface area contributed by atoms with Gasteiger partial charge in [-0.3, -0.25) is 4.79 Å². The molecule has 5 nitrogen and oxygen atoms in total. The highest BCUT2D eigenvalue weighted by Gasteiger charge is 2.21. The first kappa shape index (κ1) is 15.7. The number of carbonyl (C=O) groups is 1. The van der Waals surface area contributed by atoms with Gasteiger partial charge < -0.3 is 14.6 Å². The van der Waals surface area contributed by atoms with Crippen molar-refractivity contribution in [2.75, 3.05) is 13.2 Å². The second kappa shape index (κ2) is 7.42. The Hall–Kier alpha value is -2.14. The topological polar surface area (TPSA) is 56.2 Å². The van der Waals surface area contributed by atoms with Crippen molar-refractivity contribution < 1.29 is 9.53 Å². The van der Waals surface area contributed by atoms with Crippen molar-refractivity contribution in [3.8, 4) is 0 Å². The third-order valence-electron chi connectivity index (χ3n) is 4.09. The summed E-state index contributed by atoms with van der Waals surface area (Å²) in [6, 6.07) is 10.3. The van der Waals surface area contributed by atoms with E-state index in [0.29, 0.717) is 6.61 Å². The van der Waals surface area contributed by atoms with E-state index in [1.165, 1.54) is 5.56 Å². The maximum atomic E-state index is 12.0. The lowest BCUT2D eigenvalue weighted by molar-refractivity contribution is -0.126. The number of aromatic nitrogens is 2. The largest absolute Gasteiger partial charge is 0.371 e. The van der Waals surface area contributed by atoms with Crippen LogP contribution in [-0.2, 0) is 28.9 Å². The summed E-state index contributed by atoms with van der Waals surface area (Å²) in [6.07, 6.45) is 4.72.